The van der Waals surface area contributed by atoms with E-state index in [0.29, 0.717) is 10.8 Å². The molecule has 0 aliphatic rings. The van der Waals surface area contributed by atoms with E-state index in [4.69, 9.17) is 11.6 Å². The van der Waals surface area contributed by atoms with Crippen LogP contribution in [0, 0.1) is 5.92 Å². The van der Waals surface area contributed by atoms with Gasteiger partial charge < -0.3 is 10.2 Å². The molecule has 150 valence electrons. The zero-order chi connectivity index (χ0) is 20.6. The molecule has 0 aliphatic heterocycles. The summed E-state index contributed by atoms with van der Waals surface area (Å²) in [5.74, 6) is -0.148. The Hall–Kier alpha value is -2.11. The first-order valence-electron chi connectivity index (χ1n) is 9.42. The topological polar surface area (TPSA) is 57.5 Å². The van der Waals surface area contributed by atoms with Crippen molar-refractivity contribution in [2.75, 3.05) is 12.4 Å². The number of aliphatic hydroxyl groups is 2. The lowest BCUT2D eigenvalue weighted by atomic mass is 9.94. The van der Waals surface area contributed by atoms with Crippen molar-refractivity contribution < 1.29 is 15.0 Å². The van der Waals surface area contributed by atoms with Crippen molar-refractivity contribution >= 4 is 29.1 Å². The molecule has 0 heterocycles. The van der Waals surface area contributed by atoms with E-state index in [0.717, 1.165) is 21.6 Å². The molecular weight excluding hydrogens is 404 g/mol. The van der Waals surface area contributed by atoms with Gasteiger partial charge in [0.1, 0.15) is 6.61 Å². The van der Waals surface area contributed by atoms with Gasteiger partial charge in [-0.25, -0.2) is 0 Å². The summed E-state index contributed by atoms with van der Waals surface area (Å²) in [7, 11) is 0. The van der Waals surface area contributed by atoms with Crippen molar-refractivity contribution in [1.29, 1.82) is 0 Å². The zero-order valence-electron chi connectivity index (χ0n) is 15.9. The summed E-state index contributed by atoms with van der Waals surface area (Å²) >= 11 is 7.49. The lowest BCUT2D eigenvalue weighted by molar-refractivity contribution is -0.125. The predicted octanol–water partition coefficient (Wildman–Crippen LogP) is 5.40. The fourth-order valence-corrected chi connectivity index (χ4v) is 4.27. The summed E-state index contributed by atoms with van der Waals surface area (Å²) in [4.78, 5) is 13.2. The summed E-state index contributed by atoms with van der Waals surface area (Å²) in [6.07, 6.45) is -0.495. The molecule has 2 unspecified atom stereocenters. The van der Waals surface area contributed by atoms with Crippen LogP contribution >= 0.6 is 23.4 Å². The van der Waals surface area contributed by atoms with Crippen LogP contribution in [0.25, 0.3) is 11.1 Å². The molecule has 0 aliphatic carbocycles. The number of hydrogen-bond acceptors (Lipinski definition) is 4. The highest BCUT2D eigenvalue weighted by atomic mass is 35.5. The van der Waals surface area contributed by atoms with Crippen molar-refractivity contribution in [2.45, 2.75) is 17.4 Å². The normalized spacial score (nSPS) is 13.1. The van der Waals surface area contributed by atoms with Crippen LogP contribution in [0.5, 0.6) is 0 Å². The van der Waals surface area contributed by atoms with E-state index in [-0.39, 0.29) is 12.2 Å². The third-order valence-electron chi connectivity index (χ3n) is 4.79. The number of aliphatic hydroxyl groups excluding tert-OH is 2. The second kappa shape index (κ2) is 10.6. The highest BCUT2D eigenvalue weighted by Crippen LogP contribution is 2.29. The maximum absolute atomic E-state index is 12.2. The standard InChI is InChI=1S/C24H23ClO3S/c25-21-12-10-18(11-13-21)17-6-8-19(9-7-17)23(27)14-20(24(28)15-26)16-29-22-4-2-1-3-5-22/h1-13,20,23,26-27H,14-16H2. The van der Waals surface area contributed by atoms with Gasteiger partial charge in [-0.3, -0.25) is 4.79 Å². The van der Waals surface area contributed by atoms with E-state index < -0.39 is 18.6 Å². The Kier molecular flexibility index (Phi) is 7.90. The van der Waals surface area contributed by atoms with Crippen LogP contribution < -0.4 is 0 Å². The lowest BCUT2D eigenvalue weighted by Gasteiger charge is -2.19. The van der Waals surface area contributed by atoms with Gasteiger partial charge in [-0.15, -0.1) is 11.8 Å². The van der Waals surface area contributed by atoms with Gasteiger partial charge in [0.05, 0.1) is 6.10 Å². The van der Waals surface area contributed by atoms with Crippen LogP contribution in [-0.2, 0) is 4.79 Å². The van der Waals surface area contributed by atoms with Crippen LogP contribution in [0.1, 0.15) is 18.1 Å². The Morgan fingerprint density at radius 2 is 1.48 bits per heavy atom. The van der Waals surface area contributed by atoms with Gasteiger partial charge in [-0.2, -0.15) is 0 Å². The molecule has 0 fully saturated rings. The van der Waals surface area contributed by atoms with Crippen LogP contribution in [0.4, 0.5) is 0 Å². The summed E-state index contributed by atoms with van der Waals surface area (Å²) in [6.45, 7) is -0.512. The quantitative estimate of drug-likeness (QED) is 0.450. The fourth-order valence-electron chi connectivity index (χ4n) is 3.08. The van der Waals surface area contributed by atoms with Gasteiger partial charge in [-0.05, 0) is 47.4 Å². The van der Waals surface area contributed by atoms with Crippen molar-refractivity contribution in [1.82, 2.24) is 0 Å². The van der Waals surface area contributed by atoms with Gasteiger partial charge in [0, 0.05) is 21.6 Å². The van der Waals surface area contributed by atoms with E-state index in [1.54, 1.807) is 11.8 Å². The molecular formula is C24H23ClO3S. The highest BCUT2D eigenvalue weighted by molar-refractivity contribution is 7.99. The van der Waals surface area contributed by atoms with E-state index in [9.17, 15) is 15.0 Å². The number of carbonyl (C=O) groups is 1. The molecule has 0 amide bonds. The van der Waals surface area contributed by atoms with Gasteiger partial charge in [0.25, 0.3) is 0 Å². The molecule has 0 bridgehead atoms. The molecule has 2 atom stereocenters. The molecule has 3 rings (SSSR count). The van der Waals surface area contributed by atoms with Gasteiger partial charge in [0.15, 0.2) is 5.78 Å². The molecule has 0 radical (unpaired) electrons. The summed E-state index contributed by atoms with van der Waals surface area (Å²) in [5, 5.41) is 20.7. The third kappa shape index (κ3) is 6.18. The first kappa shape index (κ1) is 21.6. The minimum atomic E-state index is -0.772. The Morgan fingerprint density at radius 1 is 0.897 bits per heavy atom. The third-order valence-corrected chi connectivity index (χ3v) is 6.21. The molecule has 29 heavy (non-hydrogen) atoms. The first-order chi connectivity index (χ1) is 14.1. The Labute approximate surface area is 180 Å². The molecule has 5 heteroatoms. The molecule has 0 saturated heterocycles. The molecule has 0 spiro atoms. The smallest absolute Gasteiger partial charge is 0.162 e. The Bertz CT molecular complexity index is 911. The number of carbonyl (C=O) groups excluding carboxylic acids is 1. The minimum absolute atomic E-state index is 0.245. The number of benzene rings is 3. The van der Waals surface area contributed by atoms with Crippen LogP contribution in [0.3, 0.4) is 0 Å². The van der Waals surface area contributed by atoms with Gasteiger partial charge >= 0.3 is 0 Å². The summed E-state index contributed by atoms with van der Waals surface area (Å²) in [5.41, 5.74) is 2.83. The predicted molar refractivity (Wildman–Crippen MR) is 119 cm³/mol. The molecule has 0 aromatic heterocycles. The van der Waals surface area contributed by atoms with Crippen LogP contribution in [-0.4, -0.2) is 28.4 Å². The Balaban J connectivity index is 1.66. The second-order valence-electron chi connectivity index (χ2n) is 6.83. The maximum atomic E-state index is 12.2. The van der Waals surface area contributed by atoms with E-state index in [1.807, 2.05) is 78.9 Å². The number of hydrogen-bond donors (Lipinski definition) is 2. The van der Waals surface area contributed by atoms with Crippen LogP contribution in [0.2, 0.25) is 5.02 Å². The summed E-state index contributed by atoms with van der Waals surface area (Å²) in [6, 6.07) is 25.0. The zero-order valence-corrected chi connectivity index (χ0v) is 17.4. The second-order valence-corrected chi connectivity index (χ2v) is 8.36. The average molecular weight is 427 g/mol. The molecule has 3 aromatic rings. The fraction of sp³-hybridized carbons (Fsp3) is 0.208. The SMILES string of the molecule is O=C(CO)C(CSc1ccccc1)CC(O)c1ccc(-c2ccc(Cl)cc2)cc1. The monoisotopic (exact) mass is 426 g/mol. The largest absolute Gasteiger partial charge is 0.389 e. The van der Waals surface area contributed by atoms with Gasteiger partial charge in [-0.1, -0.05) is 66.2 Å². The van der Waals surface area contributed by atoms with Crippen LogP contribution in [0.15, 0.2) is 83.8 Å². The van der Waals surface area contributed by atoms with Crippen molar-refractivity contribution in [3.8, 4) is 11.1 Å². The minimum Gasteiger partial charge on any atom is -0.389 e. The van der Waals surface area contributed by atoms with Crippen molar-refractivity contribution in [3.63, 3.8) is 0 Å². The van der Waals surface area contributed by atoms with Gasteiger partial charge in [0.2, 0.25) is 0 Å². The lowest BCUT2D eigenvalue weighted by Crippen LogP contribution is -2.23. The number of halogens is 1. The molecule has 0 saturated carbocycles. The van der Waals surface area contributed by atoms with E-state index in [1.165, 1.54) is 0 Å². The highest BCUT2D eigenvalue weighted by Gasteiger charge is 2.22. The summed E-state index contributed by atoms with van der Waals surface area (Å²) < 4.78 is 0. The molecule has 3 aromatic carbocycles. The van der Waals surface area contributed by atoms with Crippen molar-refractivity contribution in [3.05, 3.63) is 89.4 Å². The van der Waals surface area contributed by atoms with Crippen molar-refractivity contribution in [2.24, 2.45) is 5.92 Å². The molecule has 2 N–H and O–H groups in total. The number of ketones is 1. The number of rotatable bonds is 9. The number of thioether (sulfide) groups is 1. The van der Waals surface area contributed by atoms with E-state index in [2.05, 4.69) is 0 Å². The maximum Gasteiger partial charge on any atom is 0.162 e. The van der Waals surface area contributed by atoms with E-state index >= 15 is 0 Å². The average Bonchev–Trinajstić information content (AvgIpc) is 2.77. The molecule has 3 nitrogen and oxygen atoms in total. The first-order valence-corrected chi connectivity index (χ1v) is 10.8. The Morgan fingerprint density at radius 3 is 2.07 bits per heavy atom. The number of Topliss-reactive ketones (excluding diaryl/α,β-unsaturated/α-hetero) is 1.